The van der Waals surface area contributed by atoms with Crippen molar-refractivity contribution in [2.24, 2.45) is 0 Å². The zero-order valence-corrected chi connectivity index (χ0v) is 10.8. The first-order chi connectivity index (χ1) is 9.34. The van der Waals surface area contributed by atoms with Crippen LogP contribution in [0, 0.1) is 0 Å². The maximum Gasteiger partial charge on any atom is 0.139 e. The van der Waals surface area contributed by atoms with Gasteiger partial charge in [0.1, 0.15) is 11.4 Å². The van der Waals surface area contributed by atoms with Gasteiger partial charge in [0.05, 0.1) is 11.6 Å². The van der Waals surface area contributed by atoms with Gasteiger partial charge >= 0.3 is 0 Å². The molecule has 1 aromatic carbocycles. The van der Waals surface area contributed by atoms with E-state index in [-0.39, 0.29) is 0 Å². The molecule has 0 spiro atoms. The van der Waals surface area contributed by atoms with Gasteiger partial charge in [-0.3, -0.25) is 0 Å². The monoisotopic (exact) mass is 252 g/mol. The lowest BCUT2D eigenvalue weighted by Crippen LogP contribution is -2.10. The summed E-state index contributed by atoms with van der Waals surface area (Å²) in [4.78, 5) is 4.37. The Morgan fingerprint density at radius 2 is 2.00 bits per heavy atom. The van der Waals surface area contributed by atoms with E-state index < -0.39 is 0 Å². The van der Waals surface area contributed by atoms with Crippen LogP contribution < -0.4 is 5.32 Å². The molecular formula is C16H16N2O. The number of rotatable bonds is 4. The zero-order valence-electron chi connectivity index (χ0n) is 10.8. The van der Waals surface area contributed by atoms with E-state index in [9.17, 15) is 0 Å². The number of nitrogens with one attached hydrogen (secondary N) is 1. The molecular weight excluding hydrogens is 236 g/mol. The predicted molar refractivity (Wildman–Crippen MR) is 77.4 cm³/mol. The number of hydrogen-bond acceptors (Lipinski definition) is 3. The summed E-state index contributed by atoms with van der Waals surface area (Å²) in [5.74, 6) is 1.32. The first kappa shape index (κ1) is 11.8. The van der Waals surface area contributed by atoms with Crippen molar-refractivity contribution in [3.05, 3.63) is 60.5 Å². The molecule has 3 heteroatoms. The second-order valence-electron chi connectivity index (χ2n) is 4.68. The Labute approximate surface area is 112 Å². The Bertz CT molecular complexity index is 661. The summed E-state index contributed by atoms with van der Waals surface area (Å²) >= 11 is 0. The molecule has 0 saturated heterocycles. The van der Waals surface area contributed by atoms with Gasteiger partial charge in [-0.05, 0) is 23.6 Å². The maximum atomic E-state index is 5.37. The van der Waals surface area contributed by atoms with Crippen LogP contribution in [0.4, 0.5) is 5.82 Å². The first-order valence-electron chi connectivity index (χ1n) is 6.45. The van der Waals surface area contributed by atoms with Gasteiger partial charge in [-0.1, -0.05) is 37.3 Å². The first-order valence-corrected chi connectivity index (χ1v) is 6.45. The third-order valence-electron chi connectivity index (χ3n) is 3.32. The highest BCUT2D eigenvalue weighted by molar-refractivity contribution is 5.87. The quantitative estimate of drug-likeness (QED) is 0.761. The summed E-state index contributed by atoms with van der Waals surface area (Å²) in [6.07, 6.45) is 3.46. The van der Waals surface area contributed by atoms with Gasteiger partial charge in [-0.15, -0.1) is 0 Å². The fourth-order valence-corrected chi connectivity index (χ4v) is 2.18. The van der Waals surface area contributed by atoms with Gasteiger partial charge in [-0.25, -0.2) is 4.98 Å². The fraction of sp³-hybridized carbons (Fsp3) is 0.188. The van der Waals surface area contributed by atoms with E-state index in [0.717, 1.165) is 23.3 Å². The van der Waals surface area contributed by atoms with Gasteiger partial charge in [0, 0.05) is 12.7 Å². The van der Waals surface area contributed by atoms with E-state index in [1.54, 1.807) is 12.5 Å². The summed E-state index contributed by atoms with van der Waals surface area (Å²) < 4.78 is 5.37. The smallest absolute Gasteiger partial charge is 0.139 e. The fourth-order valence-electron chi connectivity index (χ4n) is 2.18. The average molecular weight is 252 g/mol. The Morgan fingerprint density at radius 3 is 2.84 bits per heavy atom. The summed E-state index contributed by atoms with van der Waals surface area (Å²) in [6, 6.07) is 14.3. The Balaban J connectivity index is 1.74. The minimum absolute atomic E-state index is 0.435. The second kappa shape index (κ2) is 5.14. The van der Waals surface area contributed by atoms with Crippen LogP contribution >= 0.6 is 0 Å². The number of anilines is 1. The molecule has 0 aliphatic rings. The summed E-state index contributed by atoms with van der Waals surface area (Å²) in [5.41, 5.74) is 2.19. The highest BCUT2D eigenvalue weighted by Crippen LogP contribution is 2.23. The van der Waals surface area contributed by atoms with E-state index in [1.807, 2.05) is 18.2 Å². The molecule has 3 nitrogen and oxygen atoms in total. The number of hydrogen-bond donors (Lipinski definition) is 1. The second-order valence-corrected chi connectivity index (χ2v) is 4.68. The van der Waals surface area contributed by atoms with Gasteiger partial charge < -0.3 is 9.73 Å². The van der Waals surface area contributed by atoms with E-state index in [2.05, 4.69) is 41.5 Å². The van der Waals surface area contributed by atoms with Crippen LogP contribution in [0.2, 0.25) is 0 Å². The highest BCUT2D eigenvalue weighted by Gasteiger charge is 2.08. The summed E-state index contributed by atoms with van der Waals surface area (Å²) in [7, 11) is 0. The molecule has 0 saturated carbocycles. The Hall–Kier alpha value is -2.29. The molecule has 1 atom stereocenters. The predicted octanol–water partition coefficient (Wildman–Crippen LogP) is 4.04. The van der Waals surface area contributed by atoms with Crippen LogP contribution in [0.1, 0.15) is 18.4 Å². The Kier molecular flexibility index (Phi) is 3.19. The number of pyridine rings is 1. The van der Waals surface area contributed by atoms with Crippen molar-refractivity contribution in [1.29, 1.82) is 0 Å². The van der Waals surface area contributed by atoms with Crippen molar-refractivity contribution in [2.75, 3.05) is 11.9 Å². The number of furan rings is 1. The van der Waals surface area contributed by atoms with Crippen LogP contribution in [0.15, 0.2) is 59.3 Å². The number of nitrogens with zero attached hydrogens (tertiary/aromatic N) is 1. The molecule has 2 heterocycles. The molecule has 2 aromatic heterocycles. The van der Waals surface area contributed by atoms with Gasteiger partial charge in [0.15, 0.2) is 0 Å². The average Bonchev–Trinajstić information content (AvgIpc) is 2.94. The van der Waals surface area contributed by atoms with Crippen molar-refractivity contribution in [2.45, 2.75) is 12.8 Å². The molecule has 0 bridgehead atoms. The molecule has 0 aliphatic heterocycles. The minimum Gasteiger partial charge on any atom is -0.464 e. The topological polar surface area (TPSA) is 38.1 Å². The van der Waals surface area contributed by atoms with Crippen molar-refractivity contribution >= 4 is 16.8 Å². The van der Waals surface area contributed by atoms with E-state index in [1.165, 1.54) is 5.56 Å². The molecule has 0 amide bonds. The number of aromatic nitrogens is 1. The minimum atomic E-state index is 0.435. The lowest BCUT2D eigenvalue weighted by Gasteiger charge is -2.13. The zero-order chi connectivity index (χ0) is 13.1. The van der Waals surface area contributed by atoms with E-state index in [0.29, 0.717) is 5.92 Å². The lowest BCUT2D eigenvalue weighted by atomic mass is 10.0. The number of fused-ring (bicyclic) bond motifs is 1. The molecule has 3 aromatic rings. The highest BCUT2D eigenvalue weighted by atomic mass is 16.3. The molecule has 0 fully saturated rings. The standard InChI is InChI=1S/C16H16N2O/c1-12(13-5-3-2-4-6-13)11-18-16-14-8-10-19-15(14)7-9-17-16/h2-10,12H,11H2,1H3,(H,17,18). The van der Waals surface area contributed by atoms with Crippen molar-refractivity contribution in [3.63, 3.8) is 0 Å². The third-order valence-corrected chi connectivity index (χ3v) is 3.32. The normalized spacial score (nSPS) is 12.5. The van der Waals surface area contributed by atoms with Gasteiger partial charge in [0.25, 0.3) is 0 Å². The summed E-state index contributed by atoms with van der Waals surface area (Å²) in [6.45, 7) is 3.05. The Morgan fingerprint density at radius 1 is 1.16 bits per heavy atom. The van der Waals surface area contributed by atoms with Crippen LogP contribution in [0.25, 0.3) is 11.0 Å². The van der Waals surface area contributed by atoms with Crippen molar-refractivity contribution in [3.8, 4) is 0 Å². The van der Waals surface area contributed by atoms with E-state index >= 15 is 0 Å². The molecule has 96 valence electrons. The molecule has 19 heavy (non-hydrogen) atoms. The van der Waals surface area contributed by atoms with Crippen LogP contribution in [-0.4, -0.2) is 11.5 Å². The van der Waals surface area contributed by atoms with Crippen LogP contribution in [0.5, 0.6) is 0 Å². The third kappa shape index (κ3) is 2.45. The SMILES string of the molecule is CC(CNc1nccc2occc12)c1ccccc1. The van der Waals surface area contributed by atoms with E-state index in [4.69, 9.17) is 4.42 Å². The molecule has 1 unspecified atom stereocenters. The summed E-state index contributed by atoms with van der Waals surface area (Å²) in [5, 5.41) is 4.43. The molecule has 1 N–H and O–H groups in total. The van der Waals surface area contributed by atoms with Crippen LogP contribution in [0.3, 0.4) is 0 Å². The van der Waals surface area contributed by atoms with Gasteiger partial charge in [-0.2, -0.15) is 0 Å². The van der Waals surface area contributed by atoms with Crippen molar-refractivity contribution < 1.29 is 4.42 Å². The largest absolute Gasteiger partial charge is 0.464 e. The van der Waals surface area contributed by atoms with Gasteiger partial charge in [0.2, 0.25) is 0 Å². The molecule has 0 aliphatic carbocycles. The van der Waals surface area contributed by atoms with Crippen molar-refractivity contribution in [1.82, 2.24) is 4.98 Å². The lowest BCUT2D eigenvalue weighted by molar-refractivity contribution is 0.615. The maximum absolute atomic E-state index is 5.37. The van der Waals surface area contributed by atoms with Crippen LogP contribution in [-0.2, 0) is 0 Å². The molecule has 0 radical (unpaired) electrons. The molecule has 3 rings (SSSR count). The number of benzene rings is 1.